The third-order valence-electron chi connectivity index (χ3n) is 5.12. The monoisotopic (exact) mass is 446 g/mol. The van der Waals surface area contributed by atoms with Crippen molar-refractivity contribution in [2.45, 2.75) is 40.8 Å². The highest BCUT2D eigenvalue weighted by Crippen LogP contribution is 2.29. The molecule has 0 aromatic heterocycles. The Hall–Kier alpha value is -3.47. The van der Waals surface area contributed by atoms with Crippen LogP contribution in [0.15, 0.2) is 66.7 Å². The minimum Gasteiger partial charge on any atom is -0.490 e. The quantitative estimate of drug-likeness (QED) is 0.381. The van der Waals surface area contributed by atoms with Gasteiger partial charge in [0.15, 0.2) is 11.5 Å². The normalized spacial score (nSPS) is 10.7. The van der Waals surface area contributed by atoms with Crippen molar-refractivity contribution in [2.75, 3.05) is 18.5 Å². The van der Waals surface area contributed by atoms with Gasteiger partial charge in [0.05, 0.1) is 6.61 Å². The summed E-state index contributed by atoms with van der Waals surface area (Å²) in [5.74, 6) is 1.82. The first-order valence-electron chi connectivity index (χ1n) is 11.5. The number of ether oxygens (including phenoxy) is 2. The summed E-state index contributed by atoms with van der Waals surface area (Å²) in [4.78, 5) is 12.3. The van der Waals surface area contributed by atoms with Crippen molar-refractivity contribution < 1.29 is 14.3 Å². The molecule has 0 aliphatic rings. The summed E-state index contributed by atoms with van der Waals surface area (Å²) >= 11 is 0. The minimum atomic E-state index is -0.0546. The van der Waals surface area contributed by atoms with E-state index < -0.39 is 0 Å². The fraction of sp³-hybridized carbons (Fsp3) is 0.321. The molecular formula is C28H34N2O3. The molecule has 5 heteroatoms. The van der Waals surface area contributed by atoms with Gasteiger partial charge in [-0.2, -0.15) is 0 Å². The van der Waals surface area contributed by atoms with Gasteiger partial charge in [-0.1, -0.05) is 55.8 Å². The molecule has 0 unspecified atom stereocenters. The number of hydrogen-bond acceptors (Lipinski definition) is 4. The zero-order valence-corrected chi connectivity index (χ0v) is 20.0. The molecule has 0 aliphatic heterocycles. The zero-order chi connectivity index (χ0) is 23.6. The molecule has 1 amide bonds. The molecule has 3 aromatic carbocycles. The summed E-state index contributed by atoms with van der Waals surface area (Å²) in [6.45, 7) is 10.5. The minimum absolute atomic E-state index is 0.0546. The van der Waals surface area contributed by atoms with Crippen LogP contribution < -0.4 is 20.1 Å². The first-order chi connectivity index (χ1) is 15.9. The number of carbonyl (C=O) groups is 1. The maximum Gasteiger partial charge on any atom is 0.251 e. The van der Waals surface area contributed by atoms with Gasteiger partial charge in [0.25, 0.3) is 5.91 Å². The highest BCUT2D eigenvalue weighted by atomic mass is 16.5. The fourth-order valence-electron chi connectivity index (χ4n) is 3.27. The van der Waals surface area contributed by atoms with Crippen LogP contribution in [0.1, 0.15) is 47.8 Å². The first-order valence-corrected chi connectivity index (χ1v) is 11.5. The molecule has 0 bridgehead atoms. The summed E-state index contributed by atoms with van der Waals surface area (Å²) in [5, 5.41) is 6.35. The van der Waals surface area contributed by atoms with Crippen LogP contribution in [0.2, 0.25) is 0 Å². The third-order valence-corrected chi connectivity index (χ3v) is 5.12. The summed E-state index contributed by atoms with van der Waals surface area (Å²) in [6.07, 6.45) is 0. The second-order valence-electron chi connectivity index (χ2n) is 8.53. The van der Waals surface area contributed by atoms with Gasteiger partial charge in [0.1, 0.15) is 6.61 Å². The molecule has 33 heavy (non-hydrogen) atoms. The van der Waals surface area contributed by atoms with Crippen molar-refractivity contribution in [1.29, 1.82) is 0 Å². The van der Waals surface area contributed by atoms with Crippen LogP contribution in [0.25, 0.3) is 0 Å². The number of rotatable bonds is 11. The largest absolute Gasteiger partial charge is 0.490 e. The first kappa shape index (κ1) is 24.2. The van der Waals surface area contributed by atoms with Crippen molar-refractivity contribution in [3.8, 4) is 11.5 Å². The Morgan fingerprint density at radius 2 is 1.67 bits per heavy atom. The van der Waals surface area contributed by atoms with Gasteiger partial charge in [0.2, 0.25) is 0 Å². The Morgan fingerprint density at radius 1 is 0.909 bits per heavy atom. The number of amides is 1. The molecule has 2 N–H and O–H groups in total. The lowest BCUT2D eigenvalue weighted by Gasteiger charge is -2.15. The van der Waals surface area contributed by atoms with Crippen LogP contribution in [0, 0.1) is 12.8 Å². The summed E-state index contributed by atoms with van der Waals surface area (Å²) in [6, 6.07) is 21.8. The van der Waals surface area contributed by atoms with Crippen molar-refractivity contribution in [3.63, 3.8) is 0 Å². The highest BCUT2D eigenvalue weighted by molar-refractivity contribution is 5.95. The Kier molecular flexibility index (Phi) is 8.76. The van der Waals surface area contributed by atoms with Gasteiger partial charge in [-0.15, -0.1) is 0 Å². The van der Waals surface area contributed by atoms with E-state index in [-0.39, 0.29) is 5.91 Å². The smallest absolute Gasteiger partial charge is 0.251 e. The topological polar surface area (TPSA) is 59.6 Å². The number of benzene rings is 3. The van der Waals surface area contributed by atoms with Crippen LogP contribution in [-0.2, 0) is 13.2 Å². The van der Waals surface area contributed by atoms with E-state index in [0.29, 0.717) is 37.8 Å². The Morgan fingerprint density at radius 3 is 2.39 bits per heavy atom. The maximum atomic E-state index is 12.3. The van der Waals surface area contributed by atoms with E-state index in [1.807, 2.05) is 49.4 Å². The Labute approximate surface area is 197 Å². The van der Waals surface area contributed by atoms with E-state index in [2.05, 4.69) is 55.7 Å². The molecule has 0 saturated carbocycles. The van der Waals surface area contributed by atoms with Crippen molar-refractivity contribution >= 4 is 11.6 Å². The van der Waals surface area contributed by atoms with Crippen molar-refractivity contribution in [2.24, 2.45) is 5.92 Å². The van der Waals surface area contributed by atoms with Gasteiger partial charge < -0.3 is 20.1 Å². The number of nitrogens with one attached hydrogen (secondary N) is 2. The molecule has 174 valence electrons. The Bertz CT molecular complexity index is 1050. The summed E-state index contributed by atoms with van der Waals surface area (Å²) < 4.78 is 11.9. The van der Waals surface area contributed by atoms with Crippen molar-refractivity contribution in [3.05, 3.63) is 89.0 Å². The molecule has 0 spiro atoms. The van der Waals surface area contributed by atoms with Crippen LogP contribution in [0.5, 0.6) is 11.5 Å². The van der Waals surface area contributed by atoms with Crippen LogP contribution in [-0.4, -0.2) is 19.1 Å². The fourth-order valence-corrected chi connectivity index (χ4v) is 3.27. The van der Waals surface area contributed by atoms with E-state index >= 15 is 0 Å². The van der Waals surface area contributed by atoms with Crippen LogP contribution >= 0.6 is 0 Å². The lowest BCUT2D eigenvalue weighted by Crippen LogP contribution is -2.27. The molecule has 3 aromatic rings. The lowest BCUT2D eigenvalue weighted by atomic mass is 10.1. The molecular weight excluding hydrogens is 412 g/mol. The molecule has 5 nitrogen and oxygen atoms in total. The second-order valence-corrected chi connectivity index (χ2v) is 8.53. The molecule has 0 atom stereocenters. The summed E-state index contributed by atoms with van der Waals surface area (Å²) in [7, 11) is 0. The molecule has 0 heterocycles. The second kappa shape index (κ2) is 12.0. The predicted octanol–water partition coefficient (Wildman–Crippen LogP) is 5.97. The SMILES string of the molecule is CCOc1cc(CNc2cccc(C(=O)NCC(C)C)c2)ccc1OCc1ccc(C)cc1. The summed E-state index contributed by atoms with van der Waals surface area (Å²) in [5.41, 5.74) is 4.95. The predicted molar refractivity (Wildman–Crippen MR) is 134 cm³/mol. The van der Waals surface area contributed by atoms with E-state index in [1.165, 1.54) is 5.56 Å². The molecule has 0 aliphatic carbocycles. The highest BCUT2D eigenvalue weighted by Gasteiger charge is 2.09. The molecule has 0 fully saturated rings. The van der Waals surface area contributed by atoms with E-state index in [1.54, 1.807) is 0 Å². The van der Waals surface area contributed by atoms with Crippen LogP contribution in [0.4, 0.5) is 5.69 Å². The average molecular weight is 447 g/mol. The van der Waals surface area contributed by atoms with Gasteiger partial charge in [-0.3, -0.25) is 4.79 Å². The van der Waals surface area contributed by atoms with Gasteiger partial charge in [-0.25, -0.2) is 0 Å². The molecule has 3 rings (SSSR count). The number of aryl methyl sites for hydroxylation is 1. The third kappa shape index (κ3) is 7.56. The number of anilines is 1. The van der Waals surface area contributed by atoms with E-state index in [0.717, 1.165) is 28.3 Å². The molecule has 0 saturated heterocycles. The zero-order valence-electron chi connectivity index (χ0n) is 20.0. The lowest BCUT2D eigenvalue weighted by molar-refractivity contribution is 0.0949. The maximum absolute atomic E-state index is 12.3. The van der Waals surface area contributed by atoms with Crippen molar-refractivity contribution in [1.82, 2.24) is 5.32 Å². The van der Waals surface area contributed by atoms with E-state index in [4.69, 9.17) is 9.47 Å². The van der Waals surface area contributed by atoms with Crippen LogP contribution in [0.3, 0.4) is 0 Å². The number of carbonyl (C=O) groups excluding carboxylic acids is 1. The standard InChI is InChI=1S/C28H34N2O3/c1-5-32-27-15-23(13-14-26(27)33-19-22-11-9-21(4)10-12-22)18-29-25-8-6-7-24(16-25)28(31)30-17-20(2)3/h6-16,20,29H,5,17-19H2,1-4H3,(H,30,31). The number of hydrogen-bond donors (Lipinski definition) is 2. The Balaban J connectivity index is 1.63. The van der Waals surface area contributed by atoms with E-state index in [9.17, 15) is 4.79 Å². The van der Waals surface area contributed by atoms with Gasteiger partial charge in [-0.05, 0) is 61.2 Å². The van der Waals surface area contributed by atoms with Gasteiger partial charge in [0, 0.05) is 24.3 Å². The van der Waals surface area contributed by atoms with Gasteiger partial charge >= 0.3 is 0 Å². The average Bonchev–Trinajstić information content (AvgIpc) is 2.82. The molecule has 0 radical (unpaired) electrons.